The minimum atomic E-state index is -0.352. The zero-order valence-electron chi connectivity index (χ0n) is 15.1. The number of hydrogen-bond donors (Lipinski definition) is 0. The molecule has 5 heterocycles. The van der Waals surface area contributed by atoms with Crippen LogP contribution in [0.4, 0.5) is 11.6 Å². The maximum absolute atomic E-state index is 5.82. The molecule has 4 fully saturated rings. The summed E-state index contributed by atoms with van der Waals surface area (Å²) in [5, 5.41) is 0. The molecule has 1 aromatic heterocycles. The van der Waals surface area contributed by atoms with Gasteiger partial charge >= 0.3 is 0 Å². The first-order valence-electron chi connectivity index (χ1n) is 9.64. The van der Waals surface area contributed by atoms with Gasteiger partial charge < -0.3 is 28.7 Å². The zero-order valence-corrected chi connectivity index (χ0v) is 15.1. The SMILES string of the molecule is c1nc(N2CCC3(CC2)OCCO3)cc(N2CCC3(CC2)OCCO3)n1. The molecular formula is C18H26N4O4. The molecule has 0 aliphatic carbocycles. The van der Waals surface area contributed by atoms with Crippen LogP contribution < -0.4 is 9.80 Å². The predicted octanol–water partition coefficient (Wildman–Crippen LogP) is 1.16. The topological polar surface area (TPSA) is 69.2 Å². The van der Waals surface area contributed by atoms with Gasteiger partial charge in [-0.05, 0) is 0 Å². The summed E-state index contributed by atoms with van der Waals surface area (Å²) in [6.07, 6.45) is 5.20. The molecule has 8 heteroatoms. The molecule has 4 saturated heterocycles. The minimum absolute atomic E-state index is 0.352. The van der Waals surface area contributed by atoms with Crippen molar-refractivity contribution in [3.8, 4) is 0 Å². The van der Waals surface area contributed by atoms with Crippen LogP contribution in [0.3, 0.4) is 0 Å². The van der Waals surface area contributed by atoms with Crippen molar-refractivity contribution >= 4 is 11.6 Å². The molecule has 142 valence electrons. The Hall–Kier alpha value is -1.48. The molecule has 4 aliphatic rings. The minimum Gasteiger partial charge on any atom is -0.356 e. The van der Waals surface area contributed by atoms with Crippen molar-refractivity contribution < 1.29 is 18.9 Å². The van der Waals surface area contributed by atoms with Crippen LogP contribution in [0.15, 0.2) is 12.4 Å². The fraction of sp³-hybridized carbons (Fsp3) is 0.778. The van der Waals surface area contributed by atoms with Crippen LogP contribution in [-0.2, 0) is 18.9 Å². The highest BCUT2D eigenvalue weighted by atomic mass is 16.7. The Labute approximate surface area is 153 Å². The lowest BCUT2D eigenvalue weighted by molar-refractivity contribution is -0.169. The number of nitrogens with zero attached hydrogens (tertiary/aromatic N) is 4. The molecule has 0 saturated carbocycles. The number of rotatable bonds is 2. The summed E-state index contributed by atoms with van der Waals surface area (Å²) >= 11 is 0. The van der Waals surface area contributed by atoms with Crippen molar-refractivity contribution in [3.05, 3.63) is 12.4 Å². The van der Waals surface area contributed by atoms with E-state index in [-0.39, 0.29) is 11.6 Å². The lowest BCUT2D eigenvalue weighted by Crippen LogP contribution is -2.46. The van der Waals surface area contributed by atoms with Gasteiger partial charge in [0, 0.05) is 57.9 Å². The molecule has 4 aliphatic heterocycles. The Morgan fingerprint density at radius 3 is 1.42 bits per heavy atom. The van der Waals surface area contributed by atoms with Crippen LogP contribution in [0, 0.1) is 0 Å². The summed E-state index contributed by atoms with van der Waals surface area (Å²) in [4.78, 5) is 13.6. The molecule has 0 atom stereocenters. The van der Waals surface area contributed by atoms with Crippen LogP contribution in [-0.4, -0.2) is 74.1 Å². The number of anilines is 2. The second-order valence-electron chi connectivity index (χ2n) is 7.42. The quantitative estimate of drug-likeness (QED) is 0.776. The van der Waals surface area contributed by atoms with E-state index in [0.717, 1.165) is 63.5 Å². The normalized spacial score (nSPS) is 27.5. The van der Waals surface area contributed by atoms with E-state index in [9.17, 15) is 0 Å². The van der Waals surface area contributed by atoms with Crippen LogP contribution in [0.1, 0.15) is 25.7 Å². The van der Waals surface area contributed by atoms with Crippen LogP contribution in [0.25, 0.3) is 0 Å². The molecule has 0 aromatic carbocycles. The number of piperidine rings is 2. The standard InChI is InChI=1S/C18H26N4O4/c1-5-21(6-2-17(1)23-9-10-24-17)15-13-16(20-14-19-15)22-7-3-18(4-8-22)25-11-12-26-18/h13-14H,1-12H2. The molecule has 8 nitrogen and oxygen atoms in total. The van der Waals surface area contributed by atoms with Crippen molar-refractivity contribution in [1.29, 1.82) is 0 Å². The van der Waals surface area contributed by atoms with Crippen molar-refractivity contribution in [3.63, 3.8) is 0 Å². The summed E-state index contributed by atoms with van der Waals surface area (Å²) in [6, 6.07) is 2.10. The van der Waals surface area contributed by atoms with Crippen molar-refractivity contribution in [2.24, 2.45) is 0 Å². The third kappa shape index (κ3) is 3.05. The Morgan fingerprint density at radius 1 is 0.654 bits per heavy atom. The zero-order chi connectivity index (χ0) is 17.5. The highest BCUT2D eigenvalue weighted by Gasteiger charge is 2.41. The molecule has 5 rings (SSSR count). The van der Waals surface area contributed by atoms with Gasteiger partial charge in [0.15, 0.2) is 11.6 Å². The Bertz CT molecular complexity index is 575. The number of ether oxygens (including phenoxy) is 4. The van der Waals surface area contributed by atoms with Gasteiger partial charge in [-0.15, -0.1) is 0 Å². The van der Waals surface area contributed by atoms with Gasteiger partial charge in [0.25, 0.3) is 0 Å². The summed E-state index contributed by atoms with van der Waals surface area (Å²) < 4.78 is 23.3. The van der Waals surface area contributed by atoms with E-state index in [1.807, 2.05) is 0 Å². The summed E-state index contributed by atoms with van der Waals surface area (Å²) in [7, 11) is 0. The molecule has 0 unspecified atom stereocenters. The first-order valence-corrected chi connectivity index (χ1v) is 9.64. The maximum atomic E-state index is 5.82. The summed E-state index contributed by atoms with van der Waals surface area (Å²) in [6.45, 7) is 6.40. The lowest BCUT2D eigenvalue weighted by atomic mass is 10.0. The molecule has 0 radical (unpaired) electrons. The van der Waals surface area contributed by atoms with E-state index in [1.54, 1.807) is 6.33 Å². The van der Waals surface area contributed by atoms with Gasteiger partial charge in [0.05, 0.1) is 26.4 Å². The van der Waals surface area contributed by atoms with Gasteiger partial charge in [-0.1, -0.05) is 0 Å². The highest BCUT2D eigenvalue weighted by molar-refractivity contribution is 5.50. The average Bonchev–Trinajstić information content (AvgIpc) is 3.34. The van der Waals surface area contributed by atoms with Crippen LogP contribution in [0.2, 0.25) is 0 Å². The molecule has 2 spiro atoms. The smallest absolute Gasteiger partial charge is 0.171 e. The molecule has 0 bridgehead atoms. The van der Waals surface area contributed by atoms with E-state index < -0.39 is 0 Å². The van der Waals surface area contributed by atoms with E-state index in [2.05, 4.69) is 25.8 Å². The van der Waals surface area contributed by atoms with E-state index in [1.165, 1.54) is 0 Å². The molecule has 26 heavy (non-hydrogen) atoms. The monoisotopic (exact) mass is 362 g/mol. The van der Waals surface area contributed by atoms with Gasteiger partial charge in [0.1, 0.15) is 18.0 Å². The lowest BCUT2D eigenvalue weighted by Gasteiger charge is -2.39. The second-order valence-corrected chi connectivity index (χ2v) is 7.42. The molecule has 1 aromatic rings. The van der Waals surface area contributed by atoms with Crippen molar-refractivity contribution in [1.82, 2.24) is 9.97 Å². The number of hydrogen-bond acceptors (Lipinski definition) is 8. The van der Waals surface area contributed by atoms with Gasteiger partial charge in [-0.25, -0.2) is 9.97 Å². The molecular weight excluding hydrogens is 336 g/mol. The van der Waals surface area contributed by atoms with Gasteiger partial charge in [-0.3, -0.25) is 0 Å². The Kier molecular flexibility index (Phi) is 4.23. The fourth-order valence-electron chi connectivity index (χ4n) is 4.41. The third-order valence-corrected chi connectivity index (χ3v) is 5.96. The predicted molar refractivity (Wildman–Crippen MR) is 94.2 cm³/mol. The van der Waals surface area contributed by atoms with Crippen molar-refractivity contribution in [2.45, 2.75) is 37.3 Å². The fourth-order valence-corrected chi connectivity index (χ4v) is 4.41. The van der Waals surface area contributed by atoms with Gasteiger partial charge in [0.2, 0.25) is 0 Å². The molecule has 0 N–H and O–H groups in total. The Balaban J connectivity index is 1.23. The first kappa shape index (κ1) is 16.7. The summed E-state index contributed by atoms with van der Waals surface area (Å²) in [5.41, 5.74) is 0. The van der Waals surface area contributed by atoms with Gasteiger partial charge in [-0.2, -0.15) is 0 Å². The Morgan fingerprint density at radius 2 is 1.04 bits per heavy atom. The highest BCUT2D eigenvalue weighted by Crippen LogP contribution is 2.35. The first-order chi connectivity index (χ1) is 12.8. The summed E-state index contributed by atoms with van der Waals surface area (Å²) in [5.74, 6) is 1.26. The van der Waals surface area contributed by atoms with E-state index >= 15 is 0 Å². The van der Waals surface area contributed by atoms with Crippen LogP contribution in [0.5, 0.6) is 0 Å². The largest absolute Gasteiger partial charge is 0.356 e. The second kappa shape index (κ2) is 6.60. The van der Waals surface area contributed by atoms with E-state index in [0.29, 0.717) is 26.4 Å². The number of aromatic nitrogens is 2. The molecule has 0 amide bonds. The van der Waals surface area contributed by atoms with Crippen molar-refractivity contribution in [2.75, 3.05) is 62.4 Å². The van der Waals surface area contributed by atoms with E-state index in [4.69, 9.17) is 18.9 Å². The van der Waals surface area contributed by atoms with Crippen LogP contribution >= 0.6 is 0 Å². The third-order valence-electron chi connectivity index (χ3n) is 5.96. The average molecular weight is 362 g/mol. The maximum Gasteiger partial charge on any atom is 0.171 e.